The van der Waals surface area contributed by atoms with Gasteiger partial charge >= 0.3 is 0 Å². The number of nitrogens with zero attached hydrogens (tertiary/aromatic N) is 1. The second-order valence-electron chi connectivity index (χ2n) is 4.70. The van der Waals surface area contributed by atoms with Crippen molar-refractivity contribution in [2.45, 2.75) is 12.5 Å². The fourth-order valence-corrected chi connectivity index (χ4v) is 3.35. The van der Waals surface area contributed by atoms with Crippen molar-refractivity contribution < 1.29 is 0 Å². The predicted octanol–water partition coefficient (Wildman–Crippen LogP) is 4.23. The number of hydrogen-bond acceptors (Lipinski definition) is 3. The molecule has 0 aliphatic carbocycles. The Balaban J connectivity index is 2.08. The van der Waals surface area contributed by atoms with Crippen LogP contribution in [-0.4, -0.2) is 25.0 Å². The zero-order valence-electron chi connectivity index (χ0n) is 11.4. The summed E-state index contributed by atoms with van der Waals surface area (Å²) in [5.74, 6) is 0. The largest absolute Gasteiger partial charge is 0.329 e. The van der Waals surface area contributed by atoms with E-state index in [1.807, 2.05) is 12.1 Å². The van der Waals surface area contributed by atoms with E-state index >= 15 is 0 Å². The summed E-state index contributed by atoms with van der Waals surface area (Å²) in [6.45, 7) is 1.45. The Morgan fingerprint density at radius 3 is 2.70 bits per heavy atom. The maximum Gasteiger partial charge on any atom is 0.0640 e. The van der Waals surface area contributed by atoms with Gasteiger partial charge in [-0.05, 0) is 36.5 Å². The molecule has 1 aromatic carbocycles. The molecule has 2 rings (SSSR count). The zero-order valence-corrected chi connectivity index (χ0v) is 13.7. The van der Waals surface area contributed by atoms with Crippen molar-refractivity contribution in [3.8, 4) is 0 Å². The van der Waals surface area contributed by atoms with Crippen LogP contribution < -0.4 is 5.73 Å². The van der Waals surface area contributed by atoms with Crippen LogP contribution in [0.25, 0.3) is 0 Å². The molecule has 1 heterocycles. The summed E-state index contributed by atoms with van der Waals surface area (Å²) in [7, 11) is 2.07. The predicted molar refractivity (Wildman–Crippen MR) is 88.9 cm³/mol. The average molecular weight is 329 g/mol. The second-order valence-corrected chi connectivity index (χ2v) is 6.52. The lowest BCUT2D eigenvalue weighted by Crippen LogP contribution is -2.32. The van der Waals surface area contributed by atoms with E-state index in [-0.39, 0.29) is 6.04 Å². The number of nitrogens with two attached hydrogens (primary N) is 1. The quantitative estimate of drug-likeness (QED) is 0.859. The van der Waals surface area contributed by atoms with Gasteiger partial charge < -0.3 is 5.73 Å². The summed E-state index contributed by atoms with van der Waals surface area (Å²) >= 11 is 14.2. The third-order valence-corrected chi connectivity index (χ3v) is 5.16. The summed E-state index contributed by atoms with van der Waals surface area (Å²) < 4.78 is 0. The van der Waals surface area contributed by atoms with Crippen LogP contribution in [0.3, 0.4) is 0 Å². The minimum Gasteiger partial charge on any atom is -0.329 e. The molecular weight excluding hydrogens is 311 g/mol. The van der Waals surface area contributed by atoms with E-state index in [4.69, 9.17) is 28.9 Å². The normalized spacial score (nSPS) is 12.8. The first-order valence-corrected chi connectivity index (χ1v) is 8.13. The summed E-state index contributed by atoms with van der Waals surface area (Å²) in [5, 5.41) is 3.28. The lowest BCUT2D eigenvalue weighted by molar-refractivity contribution is 0.254. The Hall–Kier alpha value is -0.580. The Kier molecular flexibility index (Phi) is 5.87. The van der Waals surface area contributed by atoms with Crippen LogP contribution >= 0.6 is 34.5 Å². The van der Waals surface area contributed by atoms with Gasteiger partial charge in [0.15, 0.2) is 0 Å². The van der Waals surface area contributed by atoms with Crippen LogP contribution in [0.1, 0.15) is 16.5 Å². The average Bonchev–Trinajstić information content (AvgIpc) is 2.95. The Morgan fingerprint density at radius 1 is 1.25 bits per heavy atom. The molecule has 2 N–H and O–H groups in total. The van der Waals surface area contributed by atoms with Gasteiger partial charge in [0.2, 0.25) is 0 Å². The Morgan fingerprint density at radius 2 is 2.05 bits per heavy atom. The third kappa shape index (κ3) is 3.74. The highest BCUT2D eigenvalue weighted by Crippen LogP contribution is 2.32. The molecule has 20 heavy (non-hydrogen) atoms. The molecule has 0 aliphatic rings. The zero-order chi connectivity index (χ0) is 14.5. The van der Waals surface area contributed by atoms with Crippen molar-refractivity contribution in [1.82, 2.24) is 4.90 Å². The first kappa shape index (κ1) is 15.8. The molecule has 0 bridgehead atoms. The SMILES string of the molecule is CN(CCc1cccs1)C(CN)c1cccc(Cl)c1Cl. The first-order valence-electron chi connectivity index (χ1n) is 6.50. The maximum absolute atomic E-state index is 6.30. The van der Waals surface area contributed by atoms with E-state index in [9.17, 15) is 0 Å². The fourth-order valence-electron chi connectivity index (χ4n) is 2.22. The van der Waals surface area contributed by atoms with Crippen molar-refractivity contribution in [3.63, 3.8) is 0 Å². The van der Waals surface area contributed by atoms with Crippen LogP contribution in [0.4, 0.5) is 0 Å². The molecule has 1 atom stereocenters. The summed E-state index contributed by atoms with van der Waals surface area (Å²) in [4.78, 5) is 3.61. The minimum atomic E-state index is 0.0844. The van der Waals surface area contributed by atoms with E-state index in [0.29, 0.717) is 16.6 Å². The number of rotatable bonds is 6. The molecule has 1 unspecified atom stereocenters. The standard InChI is InChI=1S/C15H18Cl2N2S/c1-19(8-7-11-4-3-9-20-11)14(10-18)12-5-2-6-13(16)15(12)17/h2-6,9,14H,7-8,10,18H2,1H3. The van der Waals surface area contributed by atoms with Crippen molar-refractivity contribution in [3.05, 3.63) is 56.2 Å². The van der Waals surface area contributed by atoms with Crippen LogP contribution in [0, 0.1) is 0 Å². The number of halogens is 2. The van der Waals surface area contributed by atoms with Gasteiger partial charge in [-0.3, -0.25) is 4.90 Å². The topological polar surface area (TPSA) is 29.3 Å². The van der Waals surface area contributed by atoms with E-state index in [2.05, 4.69) is 29.5 Å². The van der Waals surface area contributed by atoms with Gasteiger partial charge in [-0.15, -0.1) is 11.3 Å². The highest BCUT2D eigenvalue weighted by Gasteiger charge is 2.19. The molecule has 0 fully saturated rings. The van der Waals surface area contributed by atoms with Crippen molar-refractivity contribution >= 4 is 34.5 Å². The highest BCUT2D eigenvalue weighted by molar-refractivity contribution is 7.09. The molecule has 0 saturated heterocycles. The molecule has 0 spiro atoms. The van der Waals surface area contributed by atoms with Crippen LogP contribution in [0.2, 0.25) is 10.0 Å². The van der Waals surface area contributed by atoms with Crippen LogP contribution in [-0.2, 0) is 6.42 Å². The summed E-state index contributed by atoms with van der Waals surface area (Å²) in [6, 6.07) is 10.0. The summed E-state index contributed by atoms with van der Waals surface area (Å²) in [5.41, 5.74) is 6.93. The van der Waals surface area contributed by atoms with Gasteiger partial charge in [0, 0.05) is 24.0 Å². The Bertz CT molecular complexity index is 543. The van der Waals surface area contributed by atoms with Crippen molar-refractivity contribution in [2.75, 3.05) is 20.1 Å². The van der Waals surface area contributed by atoms with E-state index in [1.54, 1.807) is 17.4 Å². The molecule has 5 heteroatoms. The molecule has 2 aromatic rings. The lowest BCUT2D eigenvalue weighted by Gasteiger charge is -2.28. The van der Waals surface area contributed by atoms with Crippen molar-refractivity contribution in [2.24, 2.45) is 5.73 Å². The third-order valence-electron chi connectivity index (χ3n) is 3.39. The Labute approximate surface area is 134 Å². The molecular formula is C15H18Cl2N2S. The van der Waals surface area contributed by atoms with E-state index < -0.39 is 0 Å². The number of thiophene rings is 1. The molecule has 0 aliphatic heterocycles. The van der Waals surface area contributed by atoms with Crippen molar-refractivity contribution in [1.29, 1.82) is 0 Å². The molecule has 2 nitrogen and oxygen atoms in total. The molecule has 0 radical (unpaired) electrons. The number of hydrogen-bond donors (Lipinski definition) is 1. The van der Waals surface area contributed by atoms with Gasteiger partial charge in [0.1, 0.15) is 0 Å². The fraction of sp³-hybridized carbons (Fsp3) is 0.333. The van der Waals surface area contributed by atoms with E-state index in [0.717, 1.165) is 18.5 Å². The second kappa shape index (κ2) is 7.43. The molecule has 0 amide bonds. The van der Waals surface area contributed by atoms with E-state index in [1.165, 1.54) is 4.88 Å². The summed E-state index contributed by atoms with van der Waals surface area (Å²) in [6.07, 6.45) is 1.02. The molecule has 1 aromatic heterocycles. The molecule has 0 saturated carbocycles. The van der Waals surface area contributed by atoms with Gasteiger partial charge in [0.05, 0.1) is 10.0 Å². The monoisotopic (exact) mass is 328 g/mol. The number of benzene rings is 1. The smallest absolute Gasteiger partial charge is 0.0640 e. The van der Waals surface area contributed by atoms with Gasteiger partial charge in [-0.2, -0.15) is 0 Å². The minimum absolute atomic E-state index is 0.0844. The van der Waals surface area contributed by atoms with Gasteiger partial charge in [-0.1, -0.05) is 41.4 Å². The first-order chi connectivity index (χ1) is 9.63. The van der Waals surface area contributed by atoms with Crippen LogP contribution in [0.5, 0.6) is 0 Å². The lowest BCUT2D eigenvalue weighted by atomic mass is 10.1. The van der Waals surface area contributed by atoms with Gasteiger partial charge in [-0.25, -0.2) is 0 Å². The van der Waals surface area contributed by atoms with Gasteiger partial charge in [0.25, 0.3) is 0 Å². The highest BCUT2D eigenvalue weighted by atomic mass is 35.5. The van der Waals surface area contributed by atoms with Crippen LogP contribution in [0.15, 0.2) is 35.7 Å². The number of likely N-dealkylation sites (N-methyl/N-ethyl adjacent to an activating group) is 1. The maximum atomic E-state index is 6.30. The molecule has 108 valence electrons.